The fourth-order valence-electron chi connectivity index (χ4n) is 6.52. The average Bonchev–Trinajstić information content (AvgIpc) is 2.58. The van der Waals surface area contributed by atoms with Crippen LogP contribution in [0.3, 0.4) is 0 Å². The monoisotopic (exact) mass is 555 g/mol. The molecule has 0 saturated heterocycles. The molecule has 0 aromatic heterocycles. The summed E-state index contributed by atoms with van der Waals surface area (Å²) in [7, 11) is 0. The summed E-state index contributed by atoms with van der Waals surface area (Å²) >= 11 is 2.85. The number of benzene rings is 3. The number of halogens is 1. The molecule has 0 spiro atoms. The zero-order valence-corrected chi connectivity index (χ0v) is 24.2. The molecule has 0 unspecified atom stereocenters. The Morgan fingerprint density at radius 2 is 0.938 bits per heavy atom. The van der Waals surface area contributed by atoms with Crippen LogP contribution in [-0.2, 0) is 0 Å². The van der Waals surface area contributed by atoms with Crippen molar-refractivity contribution >= 4 is 42.2 Å². The molecule has 0 bridgehead atoms. The van der Waals surface area contributed by atoms with E-state index in [0.29, 0.717) is 0 Å². The second-order valence-electron chi connectivity index (χ2n) is 9.89. The number of hydrogen-bond acceptors (Lipinski definition) is 1. The van der Waals surface area contributed by atoms with Crippen LogP contribution in [0.2, 0.25) is 0 Å². The van der Waals surface area contributed by atoms with Crippen LogP contribution in [0, 0.1) is 73.6 Å². The molecule has 0 atom stereocenters. The molecule has 0 heterocycles. The Bertz CT molecular complexity index is 1200. The number of aryl methyl sites for hydroxylation is 8. The van der Waals surface area contributed by atoms with Crippen molar-refractivity contribution in [3.63, 3.8) is 0 Å². The molecule has 0 amide bonds. The van der Waals surface area contributed by atoms with Crippen molar-refractivity contribution in [2.24, 2.45) is 0 Å². The quantitative estimate of drug-likeness (QED) is 0.249. The van der Waals surface area contributed by atoms with E-state index in [9.17, 15) is 5.26 Å². The van der Waals surface area contributed by atoms with Gasteiger partial charge in [0, 0.05) is 0 Å². The van der Waals surface area contributed by atoms with E-state index in [4.69, 9.17) is 0 Å². The average molecular weight is 555 g/mol. The number of hydrogen-bond donors (Lipinski definition) is 0. The van der Waals surface area contributed by atoms with Crippen LogP contribution in [0.5, 0.6) is 0 Å². The summed E-state index contributed by atoms with van der Waals surface area (Å²) in [5.74, 6) is 0. The molecule has 0 aliphatic carbocycles. The van der Waals surface area contributed by atoms with E-state index >= 15 is 0 Å². The van der Waals surface area contributed by atoms with Crippen LogP contribution in [-0.4, -0.2) is 6.66 Å². The third kappa shape index (κ3) is 3.63. The predicted molar refractivity (Wildman–Crippen MR) is 152 cm³/mol. The SMILES string of the molecule is Cc1cc(C)c(P(C)(I)(c2c(C)cc(C)cc2C)c2c(C)cc(C)c(C#N)c2C)c(C)c1. The Balaban J connectivity index is 2.72. The van der Waals surface area contributed by atoms with Gasteiger partial charge in [-0.05, 0) is 0 Å². The maximum atomic E-state index is 10.1. The number of nitrogens with zero attached hydrogens (tertiary/aromatic N) is 1. The third-order valence-electron chi connectivity index (χ3n) is 6.91. The van der Waals surface area contributed by atoms with Crippen LogP contribution in [0.15, 0.2) is 30.3 Å². The second-order valence-corrected chi connectivity index (χ2v) is 21.3. The normalized spacial score (nSPS) is 12.9. The molecule has 0 fully saturated rings. The molecule has 3 aromatic rings. The van der Waals surface area contributed by atoms with Gasteiger partial charge in [0.2, 0.25) is 0 Å². The Labute approximate surface area is 207 Å². The van der Waals surface area contributed by atoms with E-state index in [0.717, 1.165) is 16.7 Å². The summed E-state index contributed by atoms with van der Waals surface area (Å²) in [6, 6.07) is 14.1. The topological polar surface area (TPSA) is 23.8 Å². The van der Waals surface area contributed by atoms with E-state index in [1.807, 2.05) is 0 Å². The van der Waals surface area contributed by atoms with Crippen LogP contribution in [0.25, 0.3) is 0 Å². The molecule has 3 rings (SSSR count). The maximum absolute atomic E-state index is 10.1. The summed E-state index contributed by atoms with van der Waals surface area (Å²) < 4.78 is -2.97. The molecule has 0 aliphatic rings. The number of nitriles is 1. The molecule has 0 radical (unpaired) electrons. The Morgan fingerprint density at radius 1 is 0.594 bits per heavy atom. The third-order valence-corrected chi connectivity index (χ3v) is 16.5. The molecule has 0 saturated carbocycles. The summed E-state index contributed by atoms with van der Waals surface area (Å²) in [5.41, 5.74) is 12.3. The standard InChI is InChI=1S/C29H35INP/c1-17-11-20(4)27(21(5)12-17)32(10,30,28-22(6)13-18(2)14-23(28)7)29-24(8)15-19(3)26(16-31)25(29)9/h11-15H,1-10H3. The Morgan fingerprint density at radius 3 is 1.28 bits per heavy atom. The van der Waals surface area contributed by atoms with E-state index in [2.05, 4.69) is 127 Å². The van der Waals surface area contributed by atoms with Crippen molar-refractivity contribution in [3.8, 4) is 6.07 Å². The predicted octanol–water partition coefficient (Wildman–Crippen LogP) is 7.14. The zero-order chi connectivity index (χ0) is 24.2. The van der Waals surface area contributed by atoms with Gasteiger partial charge in [0.05, 0.1) is 0 Å². The van der Waals surface area contributed by atoms with Gasteiger partial charge in [-0.25, -0.2) is 0 Å². The molecule has 0 N–H and O–H groups in total. The zero-order valence-electron chi connectivity index (χ0n) is 21.2. The van der Waals surface area contributed by atoms with Gasteiger partial charge in [-0.2, -0.15) is 0 Å². The molecule has 3 heteroatoms. The van der Waals surface area contributed by atoms with Crippen LogP contribution in [0.4, 0.5) is 0 Å². The van der Waals surface area contributed by atoms with Gasteiger partial charge in [0.25, 0.3) is 0 Å². The van der Waals surface area contributed by atoms with Crippen molar-refractivity contribution in [1.29, 1.82) is 5.26 Å². The summed E-state index contributed by atoms with van der Waals surface area (Å²) in [6.07, 6.45) is 0. The van der Waals surface area contributed by atoms with Gasteiger partial charge >= 0.3 is 208 Å². The number of rotatable bonds is 3. The Hall–Kier alpha value is -1.69. The molecule has 3 aromatic carbocycles. The fourth-order valence-corrected chi connectivity index (χ4v) is 19.4. The first kappa shape index (κ1) is 24.9. The summed E-state index contributed by atoms with van der Waals surface area (Å²) in [4.78, 5) is 0. The van der Waals surface area contributed by atoms with Crippen LogP contribution >= 0.6 is 26.3 Å². The Kier molecular flexibility index (Phi) is 6.44. The minimum absolute atomic E-state index is 0.822. The summed E-state index contributed by atoms with van der Waals surface area (Å²) in [5, 5.41) is 14.3. The van der Waals surface area contributed by atoms with Crippen LogP contribution in [0.1, 0.15) is 55.6 Å². The van der Waals surface area contributed by atoms with E-state index in [1.54, 1.807) is 0 Å². The van der Waals surface area contributed by atoms with Gasteiger partial charge in [0.15, 0.2) is 0 Å². The molecular weight excluding hydrogens is 520 g/mol. The van der Waals surface area contributed by atoms with Gasteiger partial charge in [0.1, 0.15) is 0 Å². The molecule has 168 valence electrons. The first-order valence-corrected chi connectivity index (χ1v) is 16.6. The molecule has 32 heavy (non-hydrogen) atoms. The van der Waals surface area contributed by atoms with E-state index in [-0.39, 0.29) is 0 Å². The minimum atomic E-state index is -2.97. The van der Waals surface area contributed by atoms with Crippen molar-refractivity contribution in [1.82, 2.24) is 0 Å². The first-order valence-electron chi connectivity index (χ1n) is 11.1. The van der Waals surface area contributed by atoms with Crippen molar-refractivity contribution < 1.29 is 0 Å². The van der Waals surface area contributed by atoms with E-state index < -0.39 is 4.25 Å². The summed E-state index contributed by atoms with van der Waals surface area (Å²) in [6.45, 7) is 22.4. The second kappa shape index (κ2) is 8.27. The molecular formula is C29H35INP. The van der Waals surface area contributed by atoms with Crippen molar-refractivity contribution in [2.45, 2.75) is 62.3 Å². The fraction of sp³-hybridized carbons (Fsp3) is 0.345. The van der Waals surface area contributed by atoms with Crippen molar-refractivity contribution in [2.75, 3.05) is 6.66 Å². The molecule has 0 aliphatic heterocycles. The van der Waals surface area contributed by atoms with Gasteiger partial charge in [-0.3, -0.25) is 0 Å². The molecule has 1 nitrogen and oxygen atoms in total. The van der Waals surface area contributed by atoms with Gasteiger partial charge in [-0.15, -0.1) is 0 Å². The van der Waals surface area contributed by atoms with Gasteiger partial charge < -0.3 is 0 Å². The first-order chi connectivity index (χ1) is 14.7. The van der Waals surface area contributed by atoms with Crippen LogP contribution < -0.4 is 15.9 Å². The van der Waals surface area contributed by atoms with Crippen molar-refractivity contribution in [3.05, 3.63) is 86.0 Å². The van der Waals surface area contributed by atoms with E-state index in [1.165, 1.54) is 54.9 Å². The van der Waals surface area contributed by atoms with Gasteiger partial charge in [-0.1, -0.05) is 0 Å².